The van der Waals surface area contributed by atoms with Crippen LogP contribution in [0.4, 0.5) is 0 Å². The third-order valence-corrected chi connectivity index (χ3v) is 2.36. The second-order valence-electron chi connectivity index (χ2n) is 2.33. The number of aliphatic carboxylic acids is 1. The molecule has 0 saturated heterocycles. The molecule has 0 aromatic rings. The van der Waals surface area contributed by atoms with Gasteiger partial charge in [0.15, 0.2) is 0 Å². The van der Waals surface area contributed by atoms with E-state index in [-0.39, 0.29) is 11.2 Å². The summed E-state index contributed by atoms with van der Waals surface area (Å²) in [6.45, 7) is 3.82. The van der Waals surface area contributed by atoms with Gasteiger partial charge >= 0.3 is 5.97 Å². The lowest BCUT2D eigenvalue weighted by Gasteiger charge is -2.14. The molecule has 0 aromatic heterocycles. The number of carboxylic acids is 1. The normalized spacial score (nSPS) is 16.3. The fourth-order valence-electron chi connectivity index (χ4n) is 0.896. The molecule has 2 unspecified atom stereocenters. The summed E-state index contributed by atoms with van der Waals surface area (Å²) in [7, 11) is 0. The highest BCUT2D eigenvalue weighted by atomic mass is 32.1. The van der Waals surface area contributed by atoms with Gasteiger partial charge in [-0.15, -0.1) is 0 Å². The summed E-state index contributed by atoms with van der Waals surface area (Å²) in [6, 6.07) is 0. The molecule has 0 aliphatic heterocycles. The van der Waals surface area contributed by atoms with Gasteiger partial charge in [0, 0.05) is 5.25 Å². The van der Waals surface area contributed by atoms with E-state index in [1.165, 1.54) is 0 Å². The van der Waals surface area contributed by atoms with Crippen LogP contribution in [0.25, 0.3) is 0 Å². The highest BCUT2D eigenvalue weighted by Crippen LogP contribution is 2.17. The zero-order valence-corrected chi connectivity index (χ0v) is 7.27. The molecule has 0 heterocycles. The van der Waals surface area contributed by atoms with Crippen molar-refractivity contribution in [3.05, 3.63) is 0 Å². The van der Waals surface area contributed by atoms with E-state index in [0.29, 0.717) is 6.42 Å². The van der Waals surface area contributed by atoms with Crippen molar-refractivity contribution in [2.45, 2.75) is 31.9 Å². The fraction of sp³-hybridized carbons (Fsp3) is 0.857. The number of carboxylic acid groups (broad SMARTS) is 1. The number of hydrogen-bond acceptors (Lipinski definition) is 2. The highest BCUT2D eigenvalue weighted by molar-refractivity contribution is 7.81. The predicted molar refractivity (Wildman–Crippen MR) is 44.5 cm³/mol. The fourth-order valence-corrected chi connectivity index (χ4v) is 1.23. The number of carbonyl (C=O) groups is 1. The molecule has 0 radical (unpaired) electrons. The van der Waals surface area contributed by atoms with Crippen LogP contribution < -0.4 is 0 Å². The quantitative estimate of drug-likeness (QED) is 0.618. The van der Waals surface area contributed by atoms with Crippen LogP contribution in [-0.4, -0.2) is 16.3 Å². The van der Waals surface area contributed by atoms with Crippen molar-refractivity contribution in [1.82, 2.24) is 0 Å². The van der Waals surface area contributed by atoms with Crippen molar-refractivity contribution in [1.29, 1.82) is 0 Å². The molecule has 0 aliphatic rings. The molecule has 2 nitrogen and oxygen atoms in total. The molecule has 0 aliphatic carbocycles. The van der Waals surface area contributed by atoms with Crippen molar-refractivity contribution < 1.29 is 9.90 Å². The maximum absolute atomic E-state index is 10.5. The van der Waals surface area contributed by atoms with E-state index >= 15 is 0 Å². The molecule has 0 rings (SSSR count). The van der Waals surface area contributed by atoms with Crippen molar-refractivity contribution in [2.75, 3.05) is 0 Å². The van der Waals surface area contributed by atoms with Gasteiger partial charge in [0.05, 0.1) is 5.92 Å². The van der Waals surface area contributed by atoms with E-state index in [9.17, 15) is 4.79 Å². The SMILES string of the molecule is CCC(S)C(CC)C(=O)O. The van der Waals surface area contributed by atoms with Crippen LogP contribution >= 0.6 is 12.6 Å². The van der Waals surface area contributed by atoms with Crippen LogP contribution in [0.5, 0.6) is 0 Å². The van der Waals surface area contributed by atoms with Crippen molar-refractivity contribution in [3.8, 4) is 0 Å². The average molecular weight is 162 g/mol. The van der Waals surface area contributed by atoms with Crippen LogP contribution in [0.15, 0.2) is 0 Å². The van der Waals surface area contributed by atoms with Gasteiger partial charge in [-0.1, -0.05) is 13.8 Å². The van der Waals surface area contributed by atoms with Crippen LogP contribution in [0.3, 0.4) is 0 Å². The van der Waals surface area contributed by atoms with Crippen molar-refractivity contribution in [2.24, 2.45) is 5.92 Å². The van der Waals surface area contributed by atoms with Gasteiger partial charge in [0.1, 0.15) is 0 Å². The van der Waals surface area contributed by atoms with Crippen LogP contribution in [-0.2, 0) is 4.79 Å². The van der Waals surface area contributed by atoms with Gasteiger partial charge in [-0.25, -0.2) is 0 Å². The first-order valence-corrected chi connectivity index (χ1v) is 4.06. The lowest BCUT2D eigenvalue weighted by atomic mass is 10.0. The van der Waals surface area contributed by atoms with E-state index in [1.54, 1.807) is 0 Å². The van der Waals surface area contributed by atoms with Gasteiger partial charge in [0.25, 0.3) is 0 Å². The van der Waals surface area contributed by atoms with Crippen molar-refractivity contribution >= 4 is 18.6 Å². The Labute approximate surface area is 67.0 Å². The predicted octanol–water partition coefficient (Wildman–Crippen LogP) is 1.81. The standard InChI is InChI=1S/C7H14O2S/c1-3-5(7(8)9)6(10)4-2/h5-6,10H,3-4H2,1-2H3,(H,8,9). The Morgan fingerprint density at radius 3 is 2.10 bits per heavy atom. The summed E-state index contributed by atoms with van der Waals surface area (Å²) in [5, 5.41) is 8.63. The van der Waals surface area contributed by atoms with E-state index in [1.807, 2.05) is 13.8 Å². The van der Waals surface area contributed by atoms with Crippen LogP contribution in [0.1, 0.15) is 26.7 Å². The second kappa shape index (κ2) is 4.61. The smallest absolute Gasteiger partial charge is 0.307 e. The third-order valence-electron chi connectivity index (χ3n) is 1.64. The van der Waals surface area contributed by atoms with E-state index in [2.05, 4.69) is 12.6 Å². The second-order valence-corrected chi connectivity index (χ2v) is 2.99. The third kappa shape index (κ3) is 2.60. The minimum absolute atomic E-state index is 0.00231. The van der Waals surface area contributed by atoms with Crippen LogP contribution in [0.2, 0.25) is 0 Å². The summed E-state index contributed by atoms with van der Waals surface area (Å²) < 4.78 is 0. The molecule has 0 amide bonds. The molecular formula is C7H14O2S. The zero-order chi connectivity index (χ0) is 8.15. The zero-order valence-electron chi connectivity index (χ0n) is 6.37. The summed E-state index contributed by atoms with van der Waals surface area (Å²) in [5.41, 5.74) is 0. The van der Waals surface area contributed by atoms with Crippen molar-refractivity contribution in [3.63, 3.8) is 0 Å². The molecule has 0 spiro atoms. The Bertz CT molecular complexity index is 114. The molecule has 10 heavy (non-hydrogen) atoms. The summed E-state index contributed by atoms with van der Waals surface area (Å²) in [5.74, 6) is -1.02. The first-order valence-electron chi connectivity index (χ1n) is 3.54. The molecule has 2 atom stereocenters. The largest absolute Gasteiger partial charge is 0.481 e. The monoisotopic (exact) mass is 162 g/mol. The van der Waals surface area contributed by atoms with Gasteiger partial charge in [-0.2, -0.15) is 12.6 Å². The molecule has 0 aromatic carbocycles. The van der Waals surface area contributed by atoms with E-state index in [0.717, 1.165) is 6.42 Å². The Hall–Kier alpha value is -0.180. The number of rotatable bonds is 4. The molecule has 0 fully saturated rings. The lowest BCUT2D eigenvalue weighted by molar-refractivity contribution is -0.141. The highest BCUT2D eigenvalue weighted by Gasteiger charge is 2.21. The Kier molecular flexibility index (Phi) is 4.52. The van der Waals surface area contributed by atoms with Crippen LogP contribution in [0, 0.1) is 5.92 Å². The Morgan fingerprint density at radius 2 is 2.00 bits per heavy atom. The maximum Gasteiger partial charge on any atom is 0.307 e. The first kappa shape index (κ1) is 9.82. The summed E-state index contributed by atoms with van der Waals surface area (Å²) >= 11 is 4.16. The molecule has 0 bridgehead atoms. The first-order chi connectivity index (χ1) is 4.63. The number of thiol groups is 1. The van der Waals surface area contributed by atoms with Gasteiger partial charge in [-0.05, 0) is 12.8 Å². The lowest BCUT2D eigenvalue weighted by Crippen LogP contribution is -2.22. The number of hydrogen-bond donors (Lipinski definition) is 2. The minimum Gasteiger partial charge on any atom is -0.481 e. The molecular weight excluding hydrogens is 148 g/mol. The van der Waals surface area contributed by atoms with Gasteiger partial charge in [-0.3, -0.25) is 4.79 Å². The molecule has 3 heteroatoms. The molecule has 0 saturated carbocycles. The summed E-state index contributed by atoms with van der Waals surface area (Å²) in [6.07, 6.45) is 1.48. The minimum atomic E-state index is -0.732. The topological polar surface area (TPSA) is 37.3 Å². The summed E-state index contributed by atoms with van der Waals surface area (Å²) in [4.78, 5) is 10.5. The van der Waals surface area contributed by atoms with E-state index < -0.39 is 5.97 Å². The van der Waals surface area contributed by atoms with E-state index in [4.69, 9.17) is 5.11 Å². The van der Waals surface area contributed by atoms with Gasteiger partial charge in [0.2, 0.25) is 0 Å². The average Bonchev–Trinajstić information content (AvgIpc) is 1.88. The van der Waals surface area contributed by atoms with Gasteiger partial charge < -0.3 is 5.11 Å². The molecule has 60 valence electrons. The molecule has 1 N–H and O–H groups in total. The Morgan fingerprint density at radius 1 is 1.50 bits per heavy atom. The maximum atomic E-state index is 10.5. The Balaban J connectivity index is 3.92.